The van der Waals surface area contributed by atoms with Crippen LogP contribution in [0.1, 0.15) is 23.7 Å². The van der Waals surface area contributed by atoms with Gasteiger partial charge in [-0.3, -0.25) is 4.79 Å². The van der Waals surface area contributed by atoms with Crippen LogP contribution in [0, 0.1) is 0 Å². The summed E-state index contributed by atoms with van der Waals surface area (Å²) in [6.45, 7) is 1.18. The molecule has 0 aliphatic carbocycles. The molecule has 1 fully saturated rings. The second-order valence-corrected chi connectivity index (χ2v) is 9.15. The molecule has 0 aromatic heterocycles. The highest BCUT2D eigenvalue weighted by Gasteiger charge is 2.39. The zero-order valence-electron chi connectivity index (χ0n) is 15.4. The first-order valence-corrected chi connectivity index (χ1v) is 10.6. The summed E-state index contributed by atoms with van der Waals surface area (Å²) in [6.07, 6.45) is 0.341. The Bertz CT molecular complexity index is 973. The van der Waals surface area contributed by atoms with Crippen LogP contribution in [0.15, 0.2) is 54.6 Å². The number of esters is 1. The maximum atomic E-state index is 12.2. The maximum Gasteiger partial charge on any atom is 0.338 e. The summed E-state index contributed by atoms with van der Waals surface area (Å²) in [5.74, 6) is -0.181. The van der Waals surface area contributed by atoms with Gasteiger partial charge in [-0.1, -0.05) is 24.3 Å². The van der Waals surface area contributed by atoms with Crippen molar-refractivity contribution < 1.29 is 27.5 Å². The van der Waals surface area contributed by atoms with Crippen molar-refractivity contribution in [3.63, 3.8) is 0 Å². The van der Waals surface area contributed by atoms with E-state index in [0.717, 1.165) is 0 Å². The Morgan fingerprint density at radius 1 is 1.07 bits per heavy atom. The Morgan fingerprint density at radius 3 is 2.46 bits per heavy atom. The molecule has 148 valence electrons. The van der Waals surface area contributed by atoms with Crippen molar-refractivity contribution in [3.8, 4) is 11.5 Å². The van der Waals surface area contributed by atoms with Crippen LogP contribution >= 0.6 is 0 Å². The van der Waals surface area contributed by atoms with Crippen molar-refractivity contribution >= 4 is 21.7 Å². The van der Waals surface area contributed by atoms with E-state index in [2.05, 4.69) is 5.32 Å². The van der Waals surface area contributed by atoms with Crippen LogP contribution in [0.4, 0.5) is 0 Å². The summed E-state index contributed by atoms with van der Waals surface area (Å²) in [5, 5.41) is 2.64. The van der Waals surface area contributed by atoms with Crippen LogP contribution in [0.2, 0.25) is 0 Å². The molecule has 1 N–H and O–H groups in total. The normalized spacial score (nSPS) is 20.3. The Kier molecular flexibility index (Phi) is 5.69. The summed E-state index contributed by atoms with van der Waals surface area (Å²) in [4.78, 5) is 24.3. The number of hydrogen-bond acceptors (Lipinski definition) is 6. The lowest BCUT2D eigenvalue weighted by molar-refractivity contribution is -0.125. The van der Waals surface area contributed by atoms with E-state index in [9.17, 15) is 18.0 Å². The number of sulfone groups is 1. The summed E-state index contributed by atoms with van der Waals surface area (Å²) < 4.78 is 33.9. The minimum Gasteiger partial charge on any atom is -0.457 e. The number of carbonyl (C=O) groups is 2. The summed E-state index contributed by atoms with van der Waals surface area (Å²) in [6, 6.07) is 15.6. The van der Waals surface area contributed by atoms with Crippen LogP contribution in [0.25, 0.3) is 0 Å². The van der Waals surface area contributed by atoms with Gasteiger partial charge in [0.2, 0.25) is 0 Å². The first kappa shape index (κ1) is 19.9. The Morgan fingerprint density at radius 2 is 1.79 bits per heavy atom. The number of carbonyl (C=O) groups excluding carboxylic acids is 2. The van der Waals surface area contributed by atoms with Gasteiger partial charge in [-0.25, -0.2) is 13.2 Å². The first-order chi connectivity index (χ1) is 13.2. The third-order valence-corrected chi connectivity index (χ3v) is 6.23. The second kappa shape index (κ2) is 8.02. The topological polar surface area (TPSA) is 98.8 Å². The van der Waals surface area contributed by atoms with Crippen LogP contribution in [0.3, 0.4) is 0 Å². The van der Waals surface area contributed by atoms with Crippen molar-refractivity contribution in [3.05, 3.63) is 60.2 Å². The van der Waals surface area contributed by atoms with Gasteiger partial charge in [0.15, 0.2) is 16.4 Å². The van der Waals surface area contributed by atoms with Gasteiger partial charge >= 0.3 is 5.97 Å². The zero-order chi connectivity index (χ0) is 20.2. The highest BCUT2D eigenvalue weighted by Crippen LogP contribution is 2.23. The molecule has 1 aliphatic heterocycles. The molecule has 2 aromatic carbocycles. The van der Waals surface area contributed by atoms with Crippen molar-refractivity contribution in [1.29, 1.82) is 0 Å². The SMILES string of the molecule is CC1(NC(=O)COC(=O)c2cccc(Oc3ccccc3)c2)CCS(=O)(=O)C1. The van der Waals surface area contributed by atoms with Gasteiger partial charge < -0.3 is 14.8 Å². The lowest BCUT2D eigenvalue weighted by atomic mass is 10.0. The van der Waals surface area contributed by atoms with Gasteiger partial charge in [0.25, 0.3) is 5.91 Å². The molecule has 0 spiro atoms. The molecule has 0 bridgehead atoms. The molecule has 1 atom stereocenters. The van der Waals surface area contributed by atoms with E-state index in [1.54, 1.807) is 37.3 Å². The third kappa shape index (κ3) is 5.32. The minimum absolute atomic E-state index is 0.0395. The molecule has 8 heteroatoms. The molecule has 0 radical (unpaired) electrons. The summed E-state index contributed by atoms with van der Waals surface area (Å²) in [5.41, 5.74) is -0.581. The molecule has 1 amide bonds. The van der Waals surface area contributed by atoms with E-state index in [-0.39, 0.29) is 17.1 Å². The number of benzene rings is 2. The fourth-order valence-electron chi connectivity index (χ4n) is 3.01. The van der Waals surface area contributed by atoms with Crippen molar-refractivity contribution in [2.45, 2.75) is 18.9 Å². The Balaban J connectivity index is 1.55. The summed E-state index contributed by atoms with van der Waals surface area (Å²) in [7, 11) is -3.14. The molecule has 2 aromatic rings. The van der Waals surface area contributed by atoms with Gasteiger partial charge in [-0.2, -0.15) is 0 Å². The van der Waals surface area contributed by atoms with Crippen LogP contribution < -0.4 is 10.1 Å². The second-order valence-electron chi connectivity index (χ2n) is 6.97. The smallest absolute Gasteiger partial charge is 0.338 e. The van der Waals surface area contributed by atoms with Gasteiger partial charge in [0.05, 0.1) is 22.6 Å². The molecule has 0 saturated carbocycles. The van der Waals surface area contributed by atoms with E-state index in [0.29, 0.717) is 17.9 Å². The predicted octanol–water partition coefficient (Wildman–Crippen LogP) is 2.33. The van der Waals surface area contributed by atoms with Crippen LogP contribution in [0.5, 0.6) is 11.5 Å². The summed E-state index contributed by atoms with van der Waals surface area (Å²) >= 11 is 0. The quantitative estimate of drug-likeness (QED) is 0.744. The number of rotatable bonds is 6. The average Bonchev–Trinajstić information content (AvgIpc) is 2.93. The highest BCUT2D eigenvalue weighted by atomic mass is 32.2. The number of ether oxygens (including phenoxy) is 2. The van der Waals surface area contributed by atoms with Crippen molar-refractivity contribution in [1.82, 2.24) is 5.32 Å². The Labute approximate surface area is 163 Å². The van der Waals surface area contributed by atoms with Crippen molar-refractivity contribution in [2.75, 3.05) is 18.1 Å². The molecule has 1 saturated heterocycles. The van der Waals surface area contributed by atoms with Gasteiger partial charge in [-0.15, -0.1) is 0 Å². The molecule has 1 unspecified atom stereocenters. The highest BCUT2D eigenvalue weighted by molar-refractivity contribution is 7.91. The lowest BCUT2D eigenvalue weighted by Gasteiger charge is -2.23. The van der Waals surface area contributed by atoms with E-state index in [1.165, 1.54) is 6.07 Å². The van der Waals surface area contributed by atoms with E-state index >= 15 is 0 Å². The molecule has 3 rings (SSSR count). The van der Waals surface area contributed by atoms with Crippen LogP contribution in [-0.2, 0) is 19.4 Å². The number of hydrogen-bond donors (Lipinski definition) is 1. The van der Waals surface area contributed by atoms with E-state index < -0.39 is 33.9 Å². The van der Waals surface area contributed by atoms with E-state index in [4.69, 9.17) is 9.47 Å². The standard InChI is InChI=1S/C20H21NO6S/c1-20(10-11-28(24,25)14-20)21-18(22)13-26-19(23)15-6-5-9-17(12-15)27-16-7-3-2-4-8-16/h2-9,12H,10-11,13-14H2,1H3,(H,21,22). The fourth-order valence-corrected chi connectivity index (χ4v) is 5.10. The number of para-hydroxylation sites is 1. The molecule has 28 heavy (non-hydrogen) atoms. The number of nitrogens with one attached hydrogen (secondary N) is 1. The van der Waals surface area contributed by atoms with Crippen LogP contribution in [-0.4, -0.2) is 43.9 Å². The minimum atomic E-state index is -3.14. The maximum absolute atomic E-state index is 12.2. The molecule has 1 heterocycles. The largest absolute Gasteiger partial charge is 0.457 e. The zero-order valence-corrected chi connectivity index (χ0v) is 16.2. The molecular weight excluding hydrogens is 382 g/mol. The molecule has 1 aliphatic rings. The third-order valence-electron chi connectivity index (χ3n) is 4.33. The lowest BCUT2D eigenvalue weighted by Crippen LogP contribution is -2.48. The van der Waals surface area contributed by atoms with Gasteiger partial charge in [-0.05, 0) is 43.7 Å². The fraction of sp³-hybridized carbons (Fsp3) is 0.300. The van der Waals surface area contributed by atoms with Gasteiger partial charge in [0.1, 0.15) is 11.5 Å². The predicted molar refractivity (Wildman–Crippen MR) is 103 cm³/mol. The first-order valence-electron chi connectivity index (χ1n) is 8.76. The average molecular weight is 403 g/mol. The Hall–Kier alpha value is -2.87. The van der Waals surface area contributed by atoms with Crippen molar-refractivity contribution in [2.24, 2.45) is 0 Å². The molecular formula is C20H21NO6S. The monoisotopic (exact) mass is 403 g/mol. The molecule has 7 nitrogen and oxygen atoms in total. The van der Waals surface area contributed by atoms with E-state index in [1.807, 2.05) is 18.2 Å². The number of amides is 1. The van der Waals surface area contributed by atoms with Gasteiger partial charge in [0, 0.05) is 0 Å².